The molecule has 2 aromatic carbocycles. The third-order valence-electron chi connectivity index (χ3n) is 6.00. The Morgan fingerprint density at radius 3 is 2.15 bits per heavy atom. The predicted molar refractivity (Wildman–Crippen MR) is 135 cm³/mol. The summed E-state index contributed by atoms with van der Waals surface area (Å²) in [7, 11) is 1.01. The van der Waals surface area contributed by atoms with Crippen molar-refractivity contribution >= 4 is 25.1 Å². The maximum Gasteiger partial charge on any atom is 0.308 e. The summed E-state index contributed by atoms with van der Waals surface area (Å²) in [6.45, 7) is 16.3. The van der Waals surface area contributed by atoms with Crippen molar-refractivity contribution in [2.45, 2.75) is 84.2 Å². The van der Waals surface area contributed by atoms with E-state index in [4.69, 9.17) is 18.6 Å². The van der Waals surface area contributed by atoms with Crippen molar-refractivity contribution in [3.8, 4) is 17.2 Å². The van der Waals surface area contributed by atoms with Crippen molar-refractivity contribution in [3.05, 3.63) is 29.8 Å². The van der Waals surface area contributed by atoms with Gasteiger partial charge >= 0.3 is 5.97 Å². The van der Waals surface area contributed by atoms with Crippen LogP contribution in [0.3, 0.4) is 0 Å². The fraction of sp³-hybridized carbons (Fsp3) is 0.577. The van der Waals surface area contributed by atoms with Gasteiger partial charge in [-0.15, -0.1) is 0 Å². The Kier molecular flexibility index (Phi) is 8.13. The molecule has 0 saturated carbocycles. The van der Waals surface area contributed by atoms with Crippen LogP contribution in [0.25, 0.3) is 10.8 Å². The average Bonchev–Trinajstić information content (AvgIpc) is 2.66. The van der Waals surface area contributed by atoms with Gasteiger partial charge in [0.15, 0.2) is 0 Å². The number of carbonyl (C=O) groups excluding carboxylic acids is 1. The molecule has 6 nitrogen and oxygen atoms in total. The van der Waals surface area contributed by atoms with Gasteiger partial charge in [-0.25, -0.2) is 0 Å². The van der Waals surface area contributed by atoms with Crippen LogP contribution in [0.4, 0.5) is 0 Å². The summed E-state index contributed by atoms with van der Waals surface area (Å²) in [5, 5.41) is 12.4. The second kappa shape index (κ2) is 9.93. The zero-order valence-corrected chi connectivity index (χ0v) is 22.8. The average molecular weight is 477 g/mol. The Balaban J connectivity index is 2.59. The molecular formula is C26H40O6Si. The van der Waals surface area contributed by atoms with E-state index >= 15 is 0 Å². The predicted octanol–water partition coefficient (Wildman–Crippen LogP) is 5.88. The summed E-state index contributed by atoms with van der Waals surface area (Å²) >= 11 is 0. The second-order valence-electron chi connectivity index (χ2n) is 11.0. The number of hydrogen-bond acceptors (Lipinski definition) is 6. The van der Waals surface area contributed by atoms with Crippen LogP contribution in [0.1, 0.15) is 53.5 Å². The van der Waals surface area contributed by atoms with Crippen molar-refractivity contribution in [1.29, 1.82) is 0 Å². The molecule has 2 aromatic rings. The number of benzene rings is 2. The number of methoxy groups -OCH3 is 2. The zero-order valence-electron chi connectivity index (χ0n) is 21.8. The van der Waals surface area contributed by atoms with Gasteiger partial charge in [0.1, 0.15) is 22.8 Å². The fourth-order valence-corrected chi connectivity index (χ4v) is 4.41. The summed E-state index contributed by atoms with van der Waals surface area (Å²) in [5.74, 6) is 1.59. The van der Waals surface area contributed by atoms with E-state index in [9.17, 15) is 9.90 Å². The largest absolute Gasteiger partial charge is 0.543 e. The molecule has 0 amide bonds. The molecule has 0 aliphatic heterocycles. The maximum atomic E-state index is 12.3. The van der Waals surface area contributed by atoms with Crippen LogP contribution in [-0.4, -0.2) is 45.3 Å². The first-order valence-corrected chi connectivity index (χ1v) is 14.3. The van der Waals surface area contributed by atoms with Crippen LogP contribution in [0.15, 0.2) is 24.3 Å². The van der Waals surface area contributed by atoms with Crippen LogP contribution in [-0.2, 0) is 16.0 Å². The number of ether oxygens (including phenoxy) is 3. The number of esters is 1. The Morgan fingerprint density at radius 2 is 1.64 bits per heavy atom. The lowest BCUT2D eigenvalue weighted by Gasteiger charge is -2.37. The summed E-state index contributed by atoms with van der Waals surface area (Å²) in [6, 6.07) is 7.66. The minimum absolute atomic E-state index is 0.0233. The molecule has 2 rings (SSSR count). The van der Waals surface area contributed by atoms with Gasteiger partial charge in [0, 0.05) is 11.8 Å². The molecular weight excluding hydrogens is 436 g/mol. The Hall–Kier alpha value is -2.25. The lowest BCUT2D eigenvalue weighted by molar-refractivity contribution is -0.157. The van der Waals surface area contributed by atoms with Crippen molar-refractivity contribution in [1.82, 2.24) is 0 Å². The lowest BCUT2D eigenvalue weighted by atomic mass is 9.98. The van der Waals surface area contributed by atoms with E-state index in [1.165, 1.54) is 0 Å². The van der Waals surface area contributed by atoms with Crippen LogP contribution in [0.5, 0.6) is 17.2 Å². The monoisotopic (exact) mass is 476 g/mol. The van der Waals surface area contributed by atoms with Gasteiger partial charge in [-0.05, 0) is 56.6 Å². The molecule has 0 fully saturated rings. The molecule has 0 spiro atoms. The third kappa shape index (κ3) is 6.64. The molecule has 0 aliphatic rings. The molecule has 7 heteroatoms. The van der Waals surface area contributed by atoms with Gasteiger partial charge in [0.05, 0.1) is 32.1 Å². The van der Waals surface area contributed by atoms with Gasteiger partial charge in [-0.1, -0.05) is 32.9 Å². The molecule has 33 heavy (non-hydrogen) atoms. The van der Waals surface area contributed by atoms with E-state index < -0.39 is 26.0 Å². The zero-order chi connectivity index (χ0) is 25.2. The van der Waals surface area contributed by atoms with Gasteiger partial charge < -0.3 is 23.7 Å². The van der Waals surface area contributed by atoms with Gasteiger partial charge in [-0.2, -0.15) is 0 Å². The number of fused-ring (bicyclic) bond motifs is 1. The smallest absolute Gasteiger partial charge is 0.308 e. The van der Waals surface area contributed by atoms with Gasteiger partial charge in [0.25, 0.3) is 8.32 Å². The highest BCUT2D eigenvalue weighted by molar-refractivity contribution is 6.74. The maximum absolute atomic E-state index is 12.3. The number of carbonyl (C=O) groups is 1. The summed E-state index contributed by atoms with van der Waals surface area (Å²) in [6.07, 6.45) is -0.795. The second-order valence-corrected chi connectivity index (χ2v) is 15.7. The minimum Gasteiger partial charge on any atom is -0.543 e. The lowest BCUT2D eigenvalue weighted by Crippen LogP contribution is -2.44. The van der Waals surface area contributed by atoms with Crippen molar-refractivity contribution < 1.29 is 28.5 Å². The molecule has 184 valence electrons. The number of rotatable bonds is 8. The molecule has 0 saturated heterocycles. The van der Waals surface area contributed by atoms with E-state index in [2.05, 4.69) is 33.9 Å². The molecule has 0 aliphatic carbocycles. The summed E-state index contributed by atoms with van der Waals surface area (Å²) in [4.78, 5) is 12.3. The topological polar surface area (TPSA) is 74.2 Å². The van der Waals surface area contributed by atoms with E-state index in [1.54, 1.807) is 14.2 Å². The summed E-state index contributed by atoms with van der Waals surface area (Å²) in [5.41, 5.74) is 0.185. The Bertz CT molecular complexity index is 985. The van der Waals surface area contributed by atoms with Crippen LogP contribution >= 0.6 is 0 Å². The Labute approximate surface area is 199 Å². The first-order chi connectivity index (χ1) is 15.1. The quantitative estimate of drug-likeness (QED) is 0.379. The Morgan fingerprint density at radius 1 is 1.03 bits per heavy atom. The van der Waals surface area contributed by atoms with Gasteiger partial charge in [0.2, 0.25) is 0 Å². The van der Waals surface area contributed by atoms with Crippen molar-refractivity contribution in [2.24, 2.45) is 0 Å². The van der Waals surface area contributed by atoms with Crippen LogP contribution in [0, 0.1) is 0 Å². The highest BCUT2D eigenvalue weighted by Gasteiger charge is 2.40. The normalized spacial score (nSPS) is 13.5. The van der Waals surface area contributed by atoms with Crippen LogP contribution in [0.2, 0.25) is 18.1 Å². The molecule has 1 atom stereocenters. The van der Waals surface area contributed by atoms with E-state index in [1.807, 2.05) is 45.0 Å². The van der Waals surface area contributed by atoms with Crippen molar-refractivity contribution in [2.75, 3.05) is 14.2 Å². The molecule has 0 bridgehead atoms. The molecule has 0 aromatic heterocycles. The van der Waals surface area contributed by atoms with E-state index in [0.29, 0.717) is 17.2 Å². The summed E-state index contributed by atoms with van der Waals surface area (Å²) < 4.78 is 23.5. The highest BCUT2D eigenvalue weighted by Crippen LogP contribution is 2.45. The first-order valence-electron chi connectivity index (χ1n) is 11.3. The fourth-order valence-electron chi connectivity index (χ4n) is 3.36. The molecule has 0 heterocycles. The molecule has 0 unspecified atom stereocenters. The SMILES string of the molecule is COc1cccc2c(O[Si](C)(C)C(C)(C)C)c(C[C@@H](O)CC(=O)OC(C)(C)C)cc(OC)c12. The first kappa shape index (κ1) is 27.0. The van der Waals surface area contributed by atoms with Crippen LogP contribution < -0.4 is 13.9 Å². The highest BCUT2D eigenvalue weighted by atomic mass is 28.4. The number of hydrogen-bond donors (Lipinski definition) is 1. The van der Waals surface area contributed by atoms with E-state index in [-0.39, 0.29) is 17.9 Å². The number of aliphatic hydroxyl groups is 1. The van der Waals surface area contributed by atoms with E-state index in [0.717, 1.165) is 16.3 Å². The minimum atomic E-state index is -2.22. The molecule has 0 radical (unpaired) electrons. The van der Waals surface area contributed by atoms with Crippen molar-refractivity contribution in [3.63, 3.8) is 0 Å². The number of aliphatic hydroxyl groups excluding tert-OH is 1. The molecule has 1 N–H and O–H groups in total. The van der Waals surface area contributed by atoms with Gasteiger partial charge in [-0.3, -0.25) is 4.79 Å². The standard InChI is InChI=1S/C26H40O6Si/c1-25(2,3)31-22(28)16-18(27)14-17-15-21(30-8)23-19(12-11-13-20(23)29-7)24(17)32-33(9,10)26(4,5)6/h11-13,15,18,27H,14,16H2,1-10H3/t18-/m1/s1. The third-order valence-corrected chi connectivity index (χ3v) is 10.3.